The van der Waals surface area contributed by atoms with Crippen molar-refractivity contribution >= 4 is 30.4 Å². The van der Waals surface area contributed by atoms with Gasteiger partial charge in [0.25, 0.3) is 0 Å². The van der Waals surface area contributed by atoms with Crippen molar-refractivity contribution in [3.8, 4) is 0 Å². The number of carbonyl (C=O) groups excluding carboxylic acids is 2. The van der Waals surface area contributed by atoms with Crippen molar-refractivity contribution in [1.29, 1.82) is 0 Å². The van der Waals surface area contributed by atoms with E-state index in [1.54, 1.807) is 20.8 Å². The van der Waals surface area contributed by atoms with Gasteiger partial charge in [-0.25, -0.2) is 9.78 Å². The van der Waals surface area contributed by atoms with Crippen LogP contribution >= 0.6 is 0 Å². The Morgan fingerprint density at radius 3 is 2.62 bits per heavy atom. The Labute approximate surface area is 141 Å². The average Bonchev–Trinajstić information content (AvgIpc) is 2.67. The molecule has 0 atom stereocenters. The number of anilines is 1. The van der Waals surface area contributed by atoms with Gasteiger partial charge >= 0.3 is 13.2 Å². The number of amides is 2. The Hall–Kier alpha value is -2.13. The maximum absolute atomic E-state index is 12.3. The molecule has 0 radical (unpaired) electrons. The molecule has 24 heavy (non-hydrogen) atoms. The highest BCUT2D eigenvalue weighted by molar-refractivity contribution is 6.58. The summed E-state index contributed by atoms with van der Waals surface area (Å²) in [4.78, 5) is 31.5. The summed E-state index contributed by atoms with van der Waals surface area (Å²) in [7, 11) is -1.63. The Balaban J connectivity index is 2.11. The van der Waals surface area contributed by atoms with Gasteiger partial charge in [-0.3, -0.25) is 9.69 Å². The van der Waals surface area contributed by atoms with Crippen molar-refractivity contribution in [2.45, 2.75) is 32.8 Å². The van der Waals surface area contributed by atoms with E-state index in [1.807, 2.05) is 0 Å². The van der Waals surface area contributed by atoms with Crippen molar-refractivity contribution < 1.29 is 24.4 Å². The van der Waals surface area contributed by atoms with Crippen LogP contribution in [-0.2, 0) is 9.53 Å². The van der Waals surface area contributed by atoms with E-state index in [9.17, 15) is 19.6 Å². The summed E-state index contributed by atoms with van der Waals surface area (Å²) in [5.74, 6) is 0.148. The second kappa shape index (κ2) is 7.19. The first kappa shape index (κ1) is 18.2. The van der Waals surface area contributed by atoms with Gasteiger partial charge in [0.05, 0.1) is 0 Å². The minimum absolute atomic E-state index is 0.146. The standard InChI is InChI=1S/C15H22BN3O5/c1-15(2,3)24-14(21)18-7-5-13(20)19(9-8-18)12-10-11(16(22)23)4-6-17-12/h4,6,10,22-23H,5,7-9H2,1-3H3. The van der Waals surface area contributed by atoms with E-state index >= 15 is 0 Å². The maximum Gasteiger partial charge on any atom is 0.488 e. The van der Waals surface area contributed by atoms with Crippen LogP contribution in [0.4, 0.5) is 10.6 Å². The molecule has 1 aliphatic heterocycles. The molecule has 2 amide bonds. The monoisotopic (exact) mass is 335 g/mol. The molecule has 1 aliphatic rings. The van der Waals surface area contributed by atoms with Gasteiger partial charge in [0.2, 0.25) is 5.91 Å². The summed E-state index contributed by atoms with van der Waals surface area (Å²) in [5.41, 5.74) is -0.346. The molecule has 8 nitrogen and oxygen atoms in total. The zero-order chi connectivity index (χ0) is 17.9. The van der Waals surface area contributed by atoms with Crippen molar-refractivity contribution in [3.63, 3.8) is 0 Å². The molecule has 1 aromatic rings. The zero-order valence-corrected chi connectivity index (χ0v) is 14.1. The predicted octanol–water partition coefficient (Wildman–Crippen LogP) is -0.265. The smallest absolute Gasteiger partial charge is 0.444 e. The highest BCUT2D eigenvalue weighted by Crippen LogP contribution is 2.16. The van der Waals surface area contributed by atoms with Crippen LogP contribution in [-0.4, -0.2) is 64.3 Å². The minimum Gasteiger partial charge on any atom is -0.444 e. The lowest BCUT2D eigenvalue weighted by Crippen LogP contribution is -2.39. The fourth-order valence-corrected chi connectivity index (χ4v) is 2.32. The summed E-state index contributed by atoms with van der Waals surface area (Å²) in [6.07, 6.45) is 1.10. The van der Waals surface area contributed by atoms with Gasteiger partial charge in [0.1, 0.15) is 11.4 Å². The average molecular weight is 335 g/mol. The molecule has 130 valence electrons. The number of aromatic nitrogens is 1. The summed E-state index contributed by atoms with van der Waals surface area (Å²) >= 11 is 0. The normalized spacial score (nSPS) is 16.0. The SMILES string of the molecule is CC(C)(C)OC(=O)N1CCC(=O)N(c2cc(B(O)O)ccn2)CC1. The molecule has 0 bridgehead atoms. The molecule has 0 aromatic carbocycles. The highest BCUT2D eigenvalue weighted by atomic mass is 16.6. The fraction of sp³-hybridized carbons (Fsp3) is 0.533. The third-order valence-electron chi connectivity index (χ3n) is 3.49. The molecule has 2 N–H and O–H groups in total. The summed E-state index contributed by atoms with van der Waals surface area (Å²) < 4.78 is 5.33. The predicted molar refractivity (Wildman–Crippen MR) is 88.8 cm³/mol. The zero-order valence-electron chi connectivity index (χ0n) is 14.1. The molecule has 0 aliphatic carbocycles. The molecule has 9 heteroatoms. The van der Waals surface area contributed by atoms with Gasteiger partial charge in [0.15, 0.2) is 0 Å². The Morgan fingerprint density at radius 1 is 1.29 bits per heavy atom. The molecule has 1 saturated heterocycles. The Bertz CT molecular complexity index is 617. The van der Waals surface area contributed by atoms with Crippen LogP contribution in [0.25, 0.3) is 0 Å². The topological polar surface area (TPSA) is 103 Å². The molecule has 2 heterocycles. The highest BCUT2D eigenvalue weighted by Gasteiger charge is 2.28. The van der Waals surface area contributed by atoms with Gasteiger partial charge in [-0.1, -0.05) is 0 Å². The second-order valence-corrected chi connectivity index (χ2v) is 6.58. The quantitative estimate of drug-likeness (QED) is 0.722. The second-order valence-electron chi connectivity index (χ2n) is 6.58. The maximum atomic E-state index is 12.3. The van der Waals surface area contributed by atoms with E-state index in [2.05, 4.69) is 4.98 Å². The molecule has 0 saturated carbocycles. The first-order valence-corrected chi connectivity index (χ1v) is 7.78. The number of rotatable bonds is 2. The summed E-state index contributed by atoms with van der Waals surface area (Å²) in [6.45, 7) is 6.21. The third kappa shape index (κ3) is 4.69. The lowest BCUT2D eigenvalue weighted by molar-refractivity contribution is -0.118. The van der Waals surface area contributed by atoms with Crippen molar-refractivity contribution in [2.75, 3.05) is 24.5 Å². The van der Waals surface area contributed by atoms with Crippen LogP contribution < -0.4 is 10.4 Å². The van der Waals surface area contributed by atoms with E-state index < -0.39 is 18.8 Å². The molecule has 1 aromatic heterocycles. The largest absolute Gasteiger partial charge is 0.488 e. The van der Waals surface area contributed by atoms with Crippen LogP contribution in [0.5, 0.6) is 0 Å². The first-order chi connectivity index (χ1) is 11.2. The fourth-order valence-electron chi connectivity index (χ4n) is 2.32. The van der Waals surface area contributed by atoms with Crippen LogP contribution in [0.15, 0.2) is 18.3 Å². The van der Waals surface area contributed by atoms with Crippen LogP contribution in [0, 0.1) is 0 Å². The van der Waals surface area contributed by atoms with E-state index in [0.29, 0.717) is 12.4 Å². The van der Waals surface area contributed by atoms with E-state index in [1.165, 1.54) is 28.1 Å². The molecule has 0 spiro atoms. The summed E-state index contributed by atoms with van der Waals surface area (Å²) in [5, 5.41) is 18.5. The minimum atomic E-state index is -1.63. The van der Waals surface area contributed by atoms with Crippen molar-refractivity contribution in [3.05, 3.63) is 18.3 Å². The van der Waals surface area contributed by atoms with E-state index in [-0.39, 0.29) is 30.9 Å². The molecular formula is C15H22BN3O5. The number of hydrogen-bond acceptors (Lipinski definition) is 6. The lowest BCUT2D eigenvalue weighted by atomic mass is 9.81. The Morgan fingerprint density at radius 2 is 2.00 bits per heavy atom. The van der Waals surface area contributed by atoms with Gasteiger partial charge < -0.3 is 19.7 Å². The number of nitrogens with zero attached hydrogens (tertiary/aromatic N) is 3. The van der Waals surface area contributed by atoms with Gasteiger partial charge in [-0.05, 0) is 38.4 Å². The first-order valence-electron chi connectivity index (χ1n) is 7.78. The van der Waals surface area contributed by atoms with E-state index in [4.69, 9.17) is 4.74 Å². The molecule has 2 rings (SSSR count). The van der Waals surface area contributed by atoms with E-state index in [0.717, 1.165) is 0 Å². The van der Waals surface area contributed by atoms with Crippen LogP contribution in [0.3, 0.4) is 0 Å². The van der Waals surface area contributed by atoms with Crippen molar-refractivity contribution in [1.82, 2.24) is 9.88 Å². The lowest BCUT2D eigenvalue weighted by Gasteiger charge is -2.26. The summed E-state index contributed by atoms with van der Waals surface area (Å²) in [6, 6.07) is 2.91. The van der Waals surface area contributed by atoms with Gasteiger partial charge in [0, 0.05) is 32.3 Å². The van der Waals surface area contributed by atoms with Crippen LogP contribution in [0.2, 0.25) is 0 Å². The molecule has 0 unspecified atom stereocenters. The van der Waals surface area contributed by atoms with Gasteiger partial charge in [-0.15, -0.1) is 0 Å². The number of ether oxygens (including phenoxy) is 1. The van der Waals surface area contributed by atoms with Gasteiger partial charge in [-0.2, -0.15) is 0 Å². The third-order valence-corrected chi connectivity index (χ3v) is 3.49. The number of carbonyl (C=O) groups is 2. The van der Waals surface area contributed by atoms with Crippen LogP contribution in [0.1, 0.15) is 27.2 Å². The number of pyridine rings is 1. The van der Waals surface area contributed by atoms with Crippen molar-refractivity contribution in [2.24, 2.45) is 0 Å². The molecular weight excluding hydrogens is 313 g/mol. The molecule has 1 fully saturated rings. The Kier molecular flexibility index (Phi) is 5.45. The number of hydrogen-bond donors (Lipinski definition) is 2.